The molecule has 150 valence electrons. The number of aromatic nitrogens is 1. The monoisotopic (exact) mass is 419 g/mol. The molecule has 0 spiro atoms. The molecule has 2 rings (SSSR count). The topological polar surface area (TPSA) is 112 Å². The molecule has 10 heteroatoms. The highest BCUT2D eigenvalue weighted by Crippen LogP contribution is 2.20. The molecule has 2 amide bonds. The second-order valence-electron chi connectivity index (χ2n) is 5.85. The van der Waals surface area contributed by atoms with Gasteiger partial charge in [0.2, 0.25) is 0 Å². The van der Waals surface area contributed by atoms with Crippen LogP contribution in [0.5, 0.6) is 0 Å². The van der Waals surface area contributed by atoms with Crippen molar-refractivity contribution in [2.24, 2.45) is 0 Å². The Morgan fingerprint density at radius 1 is 1.21 bits per heavy atom. The fourth-order valence-corrected chi connectivity index (χ4v) is 2.53. The van der Waals surface area contributed by atoms with Gasteiger partial charge in [-0.05, 0) is 49.0 Å². The maximum absolute atomic E-state index is 13.0. The number of hydrogen-bond acceptors (Lipinski definition) is 6. The van der Waals surface area contributed by atoms with E-state index in [9.17, 15) is 23.5 Å². The van der Waals surface area contributed by atoms with E-state index in [1.165, 1.54) is 35.6 Å². The van der Waals surface area contributed by atoms with Crippen LogP contribution in [0.4, 0.5) is 8.78 Å². The summed E-state index contributed by atoms with van der Waals surface area (Å²) in [4.78, 5) is 28.5. The van der Waals surface area contributed by atoms with Crippen LogP contribution in [0.3, 0.4) is 0 Å². The molecule has 2 aromatic rings. The van der Waals surface area contributed by atoms with Gasteiger partial charge in [0.1, 0.15) is 6.04 Å². The summed E-state index contributed by atoms with van der Waals surface area (Å²) in [7, 11) is 0. The zero-order chi connectivity index (χ0) is 21.4. The van der Waals surface area contributed by atoms with E-state index in [4.69, 9.17) is 5.21 Å². The Morgan fingerprint density at radius 3 is 2.41 bits per heavy atom. The number of carbonyl (C=O) groups is 2. The van der Waals surface area contributed by atoms with Crippen LogP contribution < -0.4 is 10.8 Å². The van der Waals surface area contributed by atoms with Crippen LogP contribution >= 0.6 is 11.3 Å². The molecule has 0 fully saturated rings. The van der Waals surface area contributed by atoms with Crippen molar-refractivity contribution >= 4 is 23.2 Å². The smallest absolute Gasteiger partial charge is 0.269 e. The van der Waals surface area contributed by atoms with Crippen molar-refractivity contribution in [3.63, 3.8) is 0 Å². The number of nitrogens with one attached hydrogen (secondary N) is 2. The van der Waals surface area contributed by atoms with Gasteiger partial charge >= 0.3 is 0 Å². The summed E-state index contributed by atoms with van der Waals surface area (Å²) in [6, 6.07) is 3.65. The lowest BCUT2D eigenvalue weighted by Gasteiger charge is -2.30. The van der Waals surface area contributed by atoms with Crippen LogP contribution in [0.2, 0.25) is 0 Å². The lowest BCUT2D eigenvalue weighted by molar-refractivity contribution is -0.149. The molecule has 1 unspecified atom stereocenters. The maximum Gasteiger partial charge on any atom is 0.269 e. The van der Waals surface area contributed by atoms with Gasteiger partial charge in [0.25, 0.3) is 18.2 Å². The molecule has 0 aliphatic heterocycles. The summed E-state index contributed by atoms with van der Waals surface area (Å²) in [5.41, 5.74) is 0.481. The minimum Gasteiger partial charge on any atom is -0.381 e. The molecule has 7 nitrogen and oxygen atoms in total. The van der Waals surface area contributed by atoms with Crippen LogP contribution in [-0.4, -0.2) is 45.2 Å². The summed E-state index contributed by atoms with van der Waals surface area (Å²) < 4.78 is 26.0. The van der Waals surface area contributed by atoms with Crippen LogP contribution in [0.1, 0.15) is 27.7 Å². The zero-order valence-electron chi connectivity index (χ0n) is 14.9. The van der Waals surface area contributed by atoms with Crippen molar-refractivity contribution in [3.8, 4) is 23.7 Å². The number of carbonyl (C=O) groups excluding carboxylic acids is 2. The van der Waals surface area contributed by atoms with Gasteiger partial charge in [0, 0.05) is 11.1 Å². The number of halogens is 2. The second-order valence-corrected chi connectivity index (χ2v) is 6.74. The van der Waals surface area contributed by atoms with Crippen molar-refractivity contribution in [1.29, 1.82) is 0 Å². The van der Waals surface area contributed by atoms with Crippen molar-refractivity contribution < 1.29 is 28.7 Å². The minimum absolute atomic E-state index is 0.0344. The molecule has 0 bridgehead atoms. The SMILES string of the molecule is CC(O)(C(F)F)[C@H](NC(=O)c1ccc(C#CC#Cc2cncs2)cc1)C(=O)NO. The van der Waals surface area contributed by atoms with E-state index in [0.29, 0.717) is 12.5 Å². The molecular formula is C19H15F2N3O4S. The number of amides is 2. The summed E-state index contributed by atoms with van der Waals surface area (Å²) >= 11 is 1.38. The van der Waals surface area contributed by atoms with Gasteiger partial charge in [0.15, 0.2) is 5.60 Å². The average Bonchev–Trinajstić information content (AvgIpc) is 3.22. The molecule has 0 aliphatic rings. The number of alkyl halides is 2. The Balaban J connectivity index is 2.10. The van der Waals surface area contributed by atoms with E-state index < -0.39 is 29.9 Å². The third-order valence-electron chi connectivity index (χ3n) is 3.71. The van der Waals surface area contributed by atoms with Gasteiger partial charge in [-0.1, -0.05) is 5.92 Å². The van der Waals surface area contributed by atoms with E-state index in [2.05, 4.69) is 28.7 Å². The third kappa shape index (κ3) is 5.83. The lowest BCUT2D eigenvalue weighted by atomic mass is 9.95. The van der Waals surface area contributed by atoms with E-state index in [1.807, 2.05) is 5.32 Å². The standard InChI is InChI=1S/C19H15F2N3O4S/c1-19(27,18(20)21)15(17(26)24-28)23-16(25)13-8-6-12(7-9-13)4-2-3-5-14-10-22-11-29-14/h6-11,15,18,27-28H,1H3,(H,23,25)(H,24,26)/t15-,19?/m1/s1. The lowest BCUT2D eigenvalue weighted by Crippen LogP contribution is -2.61. The first-order valence-corrected chi connectivity index (χ1v) is 8.89. The highest BCUT2D eigenvalue weighted by molar-refractivity contribution is 7.10. The molecule has 1 aromatic carbocycles. The summed E-state index contributed by atoms with van der Waals surface area (Å²) in [5, 5.41) is 20.5. The Hall–Kier alpha value is -3.31. The Morgan fingerprint density at radius 2 is 1.86 bits per heavy atom. The molecule has 0 aliphatic carbocycles. The Labute approximate surface area is 168 Å². The molecule has 1 aromatic heterocycles. The fraction of sp³-hybridized carbons (Fsp3) is 0.211. The minimum atomic E-state index is -3.35. The third-order valence-corrected chi connectivity index (χ3v) is 4.40. The maximum atomic E-state index is 13.0. The molecule has 2 atom stereocenters. The number of thiazole rings is 1. The van der Waals surface area contributed by atoms with Crippen LogP contribution in [0, 0.1) is 23.7 Å². The zero-order valence-corrected chi connectivity index (χ0v) is 15.8. The number of hydroxylamine groups is 1. The quantitative estimate of drug-likeness (QED) is 0.330. The summed E-state index contributed by atoms with van der Waals surface area (Å²) in [5.74, 6) is 8.61. The predicted octanol–water partition coefficient (Wildman–Crippen LogP) is 1.17. The van der Waals surface area contributed by atoms with Gasteiger partial charge in [-0.3, -0.25) is 19.8 Å². The largest absolute Gasteiger partial charge is 0.381 e. The van der Waals surface area contributed by atoms with Crippen molar-refractivity contribution in [2.45, 2.75) is 25.0 Å². The highest BCUT2D eigenvalue weighted by Gasteiger charge is 2.46. The molecule has 0 radical (unpaired) electrons. The number of rotatable bonds is 5. The first-order valence-electron chi connectivity index (χ1n) is 8.01. The van der Waals surface area contributed by atoms with Crippen LogP contribution in [0.25, 0.3) is 0 Å². The van der Waals surface area contributed by atoms with Crippen LogP contribution in [-0.2, 0) is 4.79 Å². The van der Waals surface area contributed by atoms with E-state index >= 15 is 0 Å². The molecule has 0 saturated heterocycles. The first kappa shape index (κ1) is 22.0. The van der Waals surface area contributed by atoms with Crippen molar-refractivity contribution in [1.82, 2.24) is 15.8 Å². The number of aliphatic hydroxyl groups is 1. The Bertz CT molecular complexity index is 984. The second kappa shape index (κ2) is 9.75. The Kier molecular flexibility index (Phi) is 7.39. The average molecular weight is 419 g/mol. The van der Waals surface area contributed by atoms with Crippen molar-refractivity contribution in [3.05, 3.63) is 52.0 Å². The number of nitrogens with zero attached hydrogens (tertiary/aromatic N) is 1. The summed E-state index contributed by atoms with van der Waals surface area (Å²) in [6.45, 7) is 0.670. The predicted molar refractivity (Wildman–Crippen MR) is 100 cm³/mol. The van der Waals surface area contributed by atoms with Crippen LogP contribution in [0.15, 0.2) is 36.0 Å². The number of benzene rings is 1. The van der Waals surface area contributed by atoms with Gasteiger partial charge in [0.05, 0.1) is 16.6 Å². The highest BCUT2D eigenvalue weighted by atomic mass is 32.1. The van der Waals surface area contributed by atoms with E-state index in [-0.39, 0.29) is 5.56 Å². The van der Waals surface area contributed by atoms with Gasteiger partial charge < -0.3 is 10.4 Å². The van der Waals surface area contributed by atoms with E-state index in [0.717, 1.165) is 10.4 Å². The normalized spacial score (nSPS) is 13.2. The fourth-order valence-electron chi connectivity index (χ4n) is 2.06. The molecule has 29 heavy (non-hydrogen) atoms. The molecule has 4 N–H and O–H groups in total. The van der Waals surface area contributed by atoms with E-state index in [1.54, 1.807) is 11.7 Å². The van der Waals surface area contributed by atoms with Crippen molar-refractivity contribution in [2.75, 3.05) is 0 Å². The van der Waals surface area contributed by atoms with Gasteiger partial charge in [-0.2, -0.15) is 0 Å². The molecule has 0 saturated carbocycles. The summed E-state index contributed by atoms with van der Waals surface area (Å²) in [6.07, 6.45) is -1.74. The molecular weight excluding hydrogens is 404 g/mol. The number of hydrogen-bond donors (Lipinski definition) is 4. The molecule has 1 heterocycles. The van der Waals surface area contributed by atoms with Gasteiger partial charge in [-0.25, -0.2) is 14.3 Å². The first-order chi connectivity index (χ1) is 13.8. The van der Waals surface area contributed by atoms with Gasteiger partial charge in [-0.15, -0.1) is 11.3 Å².